The number of hydrogen-bond donors (Lipinski definition) is 1. The average Bonchev–Trinajstić information content (AvgIpc) is 2.56. The lowest BCUT2D eigenvalue weighted by Crippen LogP contribution is -2.43. The van der Waals surface area contributed by atoms with Gasteiger partial charge in [-0.3, -0.25) is 4.79 Å². The second-order valence-electron chi connectivity index (χ2n) is 5.46. The van der Waals surface area contributed by atoms with E-state index >= 15 is 0 Å². The monoisotopic (exact) mass is 300 g/mol. The predicted molar refractivity (Wildman–Crippen MR) is 91.3 cm³/mol. The molecule has 0 aliphatic carbocycles. The lowest BCUT2D eigenvalue weighted by molar-refractivity contribution is -0.122. The SMILES string of the molecule is COCCCNC(=O)C(C)N(C)c1ccc2ccccc2c1. The summed E-state index contributed by atoms with van der Waals surface area (Å²) in [5.74, 6) is 0.0340. The zero-order chi connectivity index (χ0) is 15.9. The number of hydrogen-bond acceptors (Lipinski definition) is 3. The van der Waals surface area contributed by atoms with Crippen molar-refractivity contribution in [3.8, 4) is 0 Å². The predicted octanol–water partition coefficient (Wildman–Crippen LogP) is 2.82. The first-order valence-corrected chi connectivity index (χ1v) is 7.62. The second-order valence-corrected chi connectivity index (χ2v) is 5.46. The number of methoxy groups -OCH3 is 1. The summed E-state index contributed by atoms with van der Waals surface area (Å²) in [5.41, 5.74) is 1.04. The third-order valence-electron chi connectivity index (χ3n) is 3.93. The molecule has 0 heterocycles. The molecular weight excluding hydrogens is 276 g/mol. The number of anilines is 1. The van der Waals surface area contributed by atoms with Crippen molar-refractivity contribution in [1.29, 1.82) is 0 Å². The quantitative estimate of drug-likeness (QED) is 0.800. The van der Waals surface area contributed by atoms with Crippen LogP contribution in [-0.4, -0.2) is 39.3 Å². The molecule has 118 valence electrons. The Bertz CT molecular complexity index is 627. The minimum Gasteiger partial charge on any atom is -0.385 e. The van der Waals surface area contributed by atoms with Crippen molar-refractivity contribution in [3.63, 3.8) is 0 Å². The number of nitrogens with zero attached hydrogens (tertiary/aromatic N) is 1. The van der Waals surface area contributed by atoms with Gasteiger partial charge in [-0.05, 0) is 36.2 Å². The zero-order valence-corrected chi connectivity index (χ0v) is 13.5. The summed E-state index contributed by atoms with van der Waals surface area (Å²) >= 11 is 0. The standard InChI is InChI=1S/C18H24N2O2/c1-14(18(21)19-11-6-12-22-3)20(2)17-10-9-15-7-4-5-8-16(15)13-17/h4-5,7-10,13-14H,6,11-12H2,1-3H3,(H,19,21). The molecule has 0 saturated carbocycles. The number of carbonyl (C=O) groups excluding carboxylic acids is 1. The maximum Gasteiger partial charge on any atom is 0.242 e. The van der Waals surface area contributed by atoms with E-state index in [1.165, 1.54) is 10.8 Å². The Hall–Kier alpha value is -2.07. The molecule has 0 bridgehead atoms. The molecule has 1 atom stereocenters. The van der Waals surface area contributed by atoms with Gasteiger partial charge in [-0.15, -0.1) is 0 Å². The number of benzene rings is 2. The molecule has 0 aliphatic heterocycles. The van der Waals surface area contributed by atoms with Gasteiger partial charge >= 0.3 is 0 Å². The van der Waals surface area contributed by atoms with E-state index in [9.17, 15) is 4.79 Å². The van der Waals surface area contributed by atoms with Crippen LogP contribution in [0.4, 0.5) is 5.69 Å². The van der Waals surface area contributed by atoms with E-state index in [1.807, 2.05) is 31.0 Å². The van der Waals surface area contributed by atoms with Crippen LogP contribution < -0.4 is 10.2 Å². The lowest BCUT2D eigenvalue weighted by atomic mass is 10.1. The molecule has 4 nitrogen and oxygen atoms in total. The van der Waals surface area contributed by atoms with E-state index in [2.05, 4.69) is 35.6 Å². The third-order valence-corrected chi connectivity index (χ3v) is 3.93. The summed E-state index contributed by atoms with van der Waals surface area (Å²) in [6.07, 6.45) is 0.828. The number of rotatable bonds is 7. The Morgan fingerprint density at radius 3 is 2.68 bits per heavy atom. The normalized spacial score (nSPS) is 12.1. The van der Waals surface area contributed by atoms with Gasteiger partial charge in [0.2, 0.25) is 5.91 Å². The Kier molecular flexibility index (Phi) is 5.78. The maximum atomic E-state index is 12.2. The maximum absolute atomic E-state index is 12.2. The molecular formula is C18H24N2O2. The van der Waals surface area contributed by atoms with Crippen LogP contribution in [0.15, 0.2) is 42.5 Å². The van der Waals surface area contributed by atoms with Crippen LogP contribution in [0.2, 0.25) is 0 Å². The minimum atomic E-state index is -0.219. The molecule has 1 unspecified atom stereocenters. The van der Waals surface area contributed by atoms with Crippen LogP contribution in [0.5, 0.6) is 0 Å². The van der Waals surface area contributed by atoms with Gasteiger partial charge in [0.25, 0.3) is 0 Å². The number of ether oxygens (including phenoxy) is 1. The van der Waals surface area contributed by atoms with Gasteiger partial charge in [0.1, 0.15) is 6.04 Å². The summed E-state index contributed by atoms with van der Waals surface area (Å²) < 4.78 is 4.98. The lowest BCUT2D eigenvalue weighted by Gasteiger charge is -2.26. The number of carbonyl (C=O) groups is 1. The van der Waals surface area contributed by atoms with Gasteiger partial charge in [0.05, 0.1) is 0 Å². The first-order valence-electron chi connectivity index (χ1n) is 7.62. The third kappa shape index (κ3) is 3.98. The van der Waals surface area contributed by atoms with Crippen molar-refractivity contribution in [1.82, 2.24) is 5.32 Å². The van der Waals surface area contributed by atoms with Crippen LogP contribution in [0.3, 0.4) is 0 Å². The Balaban J connectivity index is 2.01. The molecule has 0 saturated heterocycles. The van der Waals surface area contributed by atoms with Gasteiger partial charge < -0.3 is 15.0 Å². The van der Waals surface area contributed by atoms with E-state index in [-0.39, 0.29) is 11.9 Å². The molecule has 2 aromatic rings. The van der Waals surface area contributed by atoms with E-state index in [0.717, 1.165) is 12.1 Å². The van der Waals surface area contributed by atoms with Crippen LogP contribution in [-0.2, 0) is 9.53 Å². The van der Waals surface area contributed by atoms with Crippen molar-refractivity contribution in [2.24, 2.45) is 0 Å². The summed E-state index contributed by atoms with van der Waals surface area (Å²) in [6.45, 7) is 3.22. The highest BCUT2D eigenvalue weighted by molar-refractivity contribution is 5.88. The Labute approximate surface area is 132 Å². The summed E-state index contributed by atoms with van der Waals surface area (Å²) in [5, 5.41) is 5.33. The molecule has 1 N–H and O–H groups in total. The topological polar surface area (TPSA) is 41.6 Å². The molecule has 2 rings (SSSR count). The summed E-state index contributed by atoms with van der Waals surface area (Å²) in [4.78, 5) is 14.2. The first kappa shape index (κ1) is 16.3. The molecule has 2 aromatic carbocycles. The van der Waals surface area contributed by atoms with Gasteiger partial charge in [-0.25, -0.2) is 0 Å². The van der Waals surface area contributed by atoms with Crippen LogP contribution >= 0.6 is 0 Å². The molecule has 0 spiro atoms. The summed E-state index contributed by atoms with van der Waals surface area (Å²) in [6, 6.07) is 14.3. The van der Waals surface area contributed by atoms with E-state index in [1.54, 1.807) is 7.11 Å². The number of amides is 1. The van der Waals surface area contributed by atoms with Gasteiger partial charge in [-0.1, -0.05) is 30.3 Å². The van der Waals surface area contributed by atoms with Crippen molar-refractivity contribution in [2.75, 3.05) is 32.2 Å². The molecule has 22 heavy (non-hydrogen) atoms. The zero-order valence-electron chi connectivity index (χ0n) is 13.5. The Morgan fingerprint density at radius 1 is 1.23 bits per heavy atom. The van der Waals surface area contributed by atoms with Gasteiger partial charge in [0.15, 0.2) is 0 Å². The fourth-order valence-electron chi connectivity index (χ4n) is 2.37. The average molecular weight is 300 g/mol. The molecule has 0 radical (unpaired) electrons. The highest BCUT2D eigenvalue weighted by Gasteiger charge is 2.18. The van der Waals surface area contributed by atoms with Gasteiger partial charge in [0, 0.05) is 33.0 Å². The fraction of sp³-hybridized carbons (Fsp3) is 0.389. The Morgan fingerprint density at radius 2 is 1.95 bits per heavy atom. The first-order chi connectivity index (χ1) is 10.6. The van der Waals surface area contributed by atoms with E-state index in [0.29, 0.717) is 13.2 Å². The highest BCUT2D eigenvalue weighted by atomic mass is 16.5. The van der Waals surface area contributed by atoms with Crippen molar-refractivity contribution >= 4 is 22.4 Å². The highest BCUT2D eigenvalue weighted by Crippen LogP contribution is 2.22. The van der Waals surface area contributed by atoms with E-state index in [4.69, 9.17) is 4.74 Å². The van der Waals surface area contributed by atoms with Crippen molar-refractivity contribution < 1.29 is 9.53 Å². The van der Waals surface area contributed by atoms with E-state index < -0.39 is 0 Å². The number of fused-ring (bicyclic) bond motifs is 1. The van der Waals surface area contributed by atoms with Crippen molar-refractivity contribution in [3.05, 3.63) is 42.5 Å². The van der Waals surface area contributed by atoms with Crippen molar-refractivity contribution in [2.45, 2.75) is 19.4 Å². The largest absolute Gasteiger partial charge is 0.385 e. The van der Waals surface area contributed by atoms with Crippen LogP contribution in [0.1, 0.15) is 13.3 Å². The molecule has 1 amide bonds. The van der Waals surface area contributed by atoms with Gasteiger partial charge in [-0.2, -0.15) is 0 Å². The number of nitrogens with one attached hydrogen (secondary N) is 1. The fourth-order valence-corrected chi connectivity index (χ4v) is 2.37. The molecule has 0 aliphatic rings. The molecule has 0 fully saturated rings. The molecule has 0 aromatic heterocycles. The molecule has 4 heteroatoms. The van der Waals surface area contributed by atoms with Crippen LogP contribution in [0.25, 0.3) is 10.8 Å². The summed E-state index contributed by atoms with van der Waals surface area (Å²) in [7, 11) is 3.61. The minimum absolute atomic E-state index is 0.0340. The number of likely N-dealkylation sites (N-methyl/N-ethyl adjacent to an activating group) is 1. The second kappa shape index (κ2) is 7.80. The smallest absolute Gasteiger partial charge is 0.242 e. The van der Waals surface area contributed by atoms with Crippen LogP contribution in [0, 0.1) is 0 Å².